The molecule has 5 nitrogen and oxygen atoms in total. The van der Waals surface area contributed by atoms with Gasteiger partial charge in [-0.25, -0.2) is 0 Å². The minimum absolute atomic E-state index is 0.102. The molecule has 0 heterocycles. The highest BCUT2D eigenvalue weighted by Gasteiger charge is 2.09. The maximum Gasteiger partial charge on any atom is 0.310 e. The van der Waals surface area contributed by atoms with Crippen LogP contribution in [0, 0.1) is 11.3 Å². The van der Waals surface area contributed by atoms with E-state index >= 15 is 0 Å². The van der Waals surface area contributed by atoms with Crippen molar-refractivity contribution >= 4 is 33.5 Å². The third-order valence-electron chi connectivity index (χ3n) is 2.90. The molecule has 0 fully saturated rings. The summed E-state index contributed by atoms with van der Waals surface area (Å²) < 4.78 is 5.86. The van der Waals surface area contributed by atoms with Crippen LogP contribution in [0.5, 0.6) is 0 Å². The first kappa shape index (κ1) is 16.7. The zero-order chi connectivity index (χ0) is 16.7. The van der Waals surface area contributed by atoms with E-state index in [0.717, 1.165) is 10.0 Å². The van der Waals surface area contributed by atoms with Crippen molar-refractivity contribution in [3.8, 4) is 6.07 Å². The monoisotopic (exact) mass is 372 g/mol. The maximum absolute atomic E-state index is 11.7. The summed E-state index contributed by atoms with van der Waals surface area (Å²) in [6, 6.07) is 15.7. The number of anilines is 1. The van der Waals surface area contributed by atoms with Crippen LogP contribution in [0.3, 0.4) is 0 Å². The van der Waals surface area contributed by atoms with E-state index in [-0.39, 0.29) is 13.0 Å². The van der Waals surface area contributed by atoms with E-state index in [1.807, 2.05) is 18.2 Å². The van der Waals surface area contributed by atoms with Crippen molar-refractivity contribution in [2.24, 2.45) is 0 Å². The molecule has 0 saturated heterocycles. The normalized spacial score (nSPS) is 9.74. The summed E-state index contributed by atoms with van der Waals surface area (Å²) in [5, 5.41) is 11.4. The molecule has 0 radical (unpaired) electrons. The minimum Gasteiger partial charge on any atom is -0.455 e. The molecule has 0 aromatic heterocycles. The van der Waals surface area contributed by atoms with Crippen molar-refractivity contribution < 1.29 is 14.3 Å². The van der Waals surface area contributed by atoms with Gasteiger partial charge < -0.3 is 10.1 Å². The van der Waals surface area contributed by atoms with Crippen LogP contribution in [0.4, 0.5) is 5.69 Å². The summed E-state index contributed by atoms with van der Waals surface area (Å²) in [5.74, 6) is -0.933. The van der Waals surface area contributed by atoms with Gasteiger partial charge in [0.15, 0.2) is 6.61 Å². The van der Waals surface area contributed by atoms with Crippen LogP contribution in [0.2, 0.25) is 0 Å². The molecule has 0 aliphatic rings. The van der Waals surface area contributed by atoms with Crippen molar-refractivity contribution in [2.45, 2.75) is 6.42 Å². The molecule has 2 aromatic rings. The van der Waals surface area contributed by atoms with E-state index < -0.39 is 11.9 Å². The fourth-order valence-electron chi connectivity index (χ4n) is 1.83. The highest BCUT2D eigenvalue weighted by Crippen LogP contribution is 2.12. The van der Waals surface area contributed by atoms with E-state index in [0.29, 0.717) is 11.3 Å². The molecule has 0 atom stereocenters. The van der Waals surface area contributed by atoms with Crippen molar-refractivity contribution in [3.05, 3.63) is 64.1 Å². The fourth-order valence-corrected chi connectivity index (χ4v) is 2.09. The molecular formula is C17H13BrN2O3. The van der Waals surface area contributed by atoms with Crippen LogP contribution in [-0.2, 0) is 20.7 Å². The number of nitrogens with zero attached hydrogens (tertiary/aromatic N) is 1. The molecule has 116 valence electrons. The van der Waals surface area contributed by atoms with E-state index in [2.05, 4.69) is 21.2 Å². The van der Waals surface area contributed by atoms with Crippen LogP contribution < -0.4 is 5.32 Å². The fraction of sp³-hybridized carbons (Fsp3) is 0.118. The van der Waals surface area contributed by atoms with Crippen molar-refractivity contribution in [2.75, 3.05) is 11.9 Å². The number of nitrogens with one attached hydrogen (secondary N) is 1. The first-order valence-corrected chi connectivity index (χ1v) is 7.56. The molecule has 0 spiro atoms. The predicted molar refractivity (Wildman–Crippen MR) is 88.6 cm³/mol. The first-order valence-electron chi connectivity index (χ1n) is 6.77. The molecule has 0 saturated carbocycles. The molecule has 0 unspecified atom stereocenters. The molecule has 2 aromatic carbocycles. The van der Waals surface area contributed by atoms with Crippen LogP contribution >= 0.6 is 15.9 Å². The van der Waals surface area contributed by atoms with E-state index in [4.69, 9.17) is 10.00 Å². The molecule has 1 N–H and O–H groups in total. The molecule has 23 heavy (non-hydrogen) atoms. The summed E-state index contributed by atoms with van der Waals surface area (Å²) in [7, 11) is 0. The summed E-state index contributed by atoms with van der Waals surface area (Å²) in [6.07, 6.45) is 0.102. The molecule has 0 aliphatic carbocycles. The number of esters is 1. The highest BCUT2D eigenvalue weighted by atomic mass is 79.9. The number of amides is 1. The van der Waals surface area contributed by atoms with Gasteiger partial charge in [0.1, 0.15) is 0 Å². The lowest BCUT2D eigenvalue weighted by atomic mass is 10.2. The first-order chi connectivity index (χ1) is 11.1. The number of halogens is 1. The van der Waals surface area contributed by atoms with Crippen molar-refractivity contribution in [1.29, 1.82) is 5.26 Å². The lowest BCUT2D eigenvalue weighted by Gasteiger charge is -2.07. The van der Waals surface area contributed by atoms with Gasteiger partial charge >= 0.3 is 5.97 Å². The van der Waals surface area contributed by atoms with Gasteiger partial charge in [-0.15, -0.1) is 0 Å². The third kappa shape index (κ3) is 5.57. The minimum atomic E-state index is -0.478. The van der Waals surface area contributed by atoms with Crippen LogP contribution in [-0.4, -0.2) is 18.5 Å². The number of benzene rings is 2. The number of rotatable bonds is 5. The summed E-state index contributed by atoms with van der Waals surface area (Å²) in [4.78, 5) is 23.4. The Morgan fingerprint density at radius 3 is 2.61 bits per heavy atom. The van der Waals surface area contributed by atoms with Gasteiger partial charge in [0.05, 0.1) is 18.1 Å². The standard InChI is InChI=1S/C17H13BrN2O3/c18-14-6-4-12(5-7-14)9-17(22)23-11-16(21)20-15-3-1-2-13(8-15)10-19/h1-8H,9,11H2,(H,20,21). The Balaban J connectivity index is 1.80. The van der Waals surface area contributed by atoms with Gasteiger partial charge in [0.2, 0.25) is 0 Å². The second kappa shape index (κ2) is 8.11. The van der Waals surface area contributed by atoms with Crippen molar-refractivity contribution in [3.63, 3.8) is 0 Å². The molecule has 0 aliphatic heterocycles. The number of hydrogen-bond acceptors (Lipinski definition) is 4. The van der Waals surface area contributed by atoms with Gasteiger partial charge in [-0.05, 0) is 35.9 Å². The van der Waals surface area contributed by atoms with Gasteiger partial charge in [-0.2, -0.15) is 5.26 Å². The Morgan fingerprint density at radius 1 is 1.17 bits per heavy atom. The third-order valence-corrected chi connectivity index (χ3v) is 3.43. The van der Waals surface area contributed by atoms with Crippen LogP contribution in [0.1, 0.15) is 11.1 Å². The average molecular weight is 373 g/mol. The van der Waals surface area contributed by atoms with E-state index in [1.54, 1.807) is 36.4 Å². The second-order valence-corrected chi connectivity index (χ2v) is 5.62. The summed E-state index contributed by atoms with van der Waals surface area (Å²) in [6.45, 7) is -0.369. The van der Waals surface area contributed by atoms with Gasteiger partial charge in [-0.3, -0.25) is 9.59 Å². The number of carbonyl (C=O) groups is 2. The lowest BCUT2D eigenvalue weighted by molar-refractivity contribution is -0.146. The molecular weight excluding hydrogens is 360 g/mol. The zero-order valence-corrected chi connectivity index (χ0v) is 13.7. The van der Waals surface area contributed by atoms with E-state index in [9.17, 15) is 9.59 Å². The Labute approximate surface area is 142 Å². The lowest BCUT2D eigenvalue weighted by Crippen LogP contribution is -2.21. The van der Waals surface area contributed by atoms with Crippen LogP contribution in [0.15, 0.2) is 53.0 Å². The van der Waals surface area contributed by atoms with Gasteiger partial charge in [0, 0.05) is 10.2 Å². The molecule has 0 bridgehead atoms. The number of ether oxygens (including phenoxy) is 1. The zero-order valence-electron chi connectivity index (χ0n) is 12.1. The average Bonchev–Trinajstić information content (AvgIpc) is 2.55. The number of carbonyl (C=O) groups excluding carboxylic acids is 2. The molecule has 1 amide bonds. The van der Waals surface area contributed by atoms with Gasteiger partial charge in [-0.1, -0.05) is 34.1 Å². The van der Waals surface area contributed by atoms with E-state index in [1.165, 1.54) is 0 Å². The quantitative estimate of drug-likeness (QED) is 0.818. The molecule has 2 rings (SSSR count). The Morgan fingerprint density at radius 2 is 1.91 bits per heavy atom. The molecule has 6 heteroatoms. The Kier molecular flexibility index (Phi) is 5.89. The summed E-state index contributed by atoms with van der Waals surface area (Å²) >= 11 is 3.31. The van der Waals surface area contributed by atoms with Crippen molar-refractivity contribution in [1.82, 2.24) is 0 Å². The SMILES string of the molecule is N#Cc1cccc(NC(=O)COC(=O)Cc2ccc(Br)cc2)c1. The van der Waals surface area contributed by atoms with Crippen LogP contribution in [0.25, 0.3) is 0 Å². The number of nitriles is 1. The topological polar surface area (TPSA) is 79.2 Å². The number of hydrogen-bond donors (Lipinski definition) is 1. The predicted octanol–water partition coefficient (Wildman–Crippen LogP) is 3.05. The largest absolute Gasteiger partial charge is 0.455 e. The second-order valence-electron chi connectivity index (χ2n) is 4.70. The Hall–Kier alpha value is -2.65. The highest BCUT2D eigenvalue weighted by molar-refractivity contribution is 9.10. The maximum atomic E-state index is 11.7. The van der Waals surface area contributed by atoms with Gasteiger partial charge in [0.25, 0.3) is 5.91 Å². The summed E-state index contributed by atoms with van der Waals surface area (Å²) in [5.41, 5.74) is 1.73. The Bertz CT molecular complexity index is 751. The smallest absolute Gasteiger partial charge is 0.310 e.